The highest BCUT2D eigenvalue weighted by Gasteiger charge is 2.28. The van der Waals surface area contributed by atoms with Gasteiger partial charge >= 0.3 is 5.69 Å². The molecule has 0 bridgehead atoms. The van der Waals surface area contributed by atoms with Crippen LogP contribution in [0.3, 0.4) is 0 Å². The Bertz CT molecular complexity index is 443. The van der Waals surface area contributed by atoms with Crippen LogP contribution in [0.25, 0.3) is 0 Å². The third-order valence-electron chi connectivity index (χ3n) is 2.66. The molecular formula is C10H15N3O5. The van der Waals surface area contributed by atoms with Gasteiger partial charge in [-0.2, -0.15) is 0 Å². The zero-order chi connectivity index (χ0) is 13.7. The Labute approximate surface area is 103 Å². The Balaban J connectivity index is 2.86. The molecule has 0 saturated carbocycles. The second-order valence-electron chi connectivity index (χ2n) is 4.17. The summed E-state index contributed by atoms with van der Waals surface area (Å²) in [4.78, 5) is 20.4. The van der Waals surface area contributed by atoms with E-state index in [2.05, 4.69) is 5.16 Å². The van der Waals surface area contributed by atoms with Gasteiger partial charge in [0.2, 0.25) is 12.3 Å². The lowest BCUT2D eigenvalue weighted by Gasteiger charge is -2.08. The monoisotopic (exact) mass is 257 g/mol. The van der Waals surface area contributed by atoms with Crippen molar-refractivity contribution in [2.75, 3.05) is 6.54 Å². The molecule has 0 fully saturated rings. The Morgan fingerprint density at radius 2 is 2.06 bits per heavy atom. The van der Waals surface area contributed by atoms with Crippen LogP contribution in [0.4, 0.5) is 5.69 Å². The molecule has 0 radical (unpaired) electrons. The number of nitrogens with zero attached hydrogens (tertiary/aromatic N) is 3. The van der Waals surface area contributed by atoms with Crippen molar-refractivity contribution in [2.45, 2.75) is 33.1 Å². The molecule has 0 saturated heterocycles. The molecule has 1 heterocycles. The maximum absolute atomic E-state index is 10.8. The first kappa shape index (κ1) is 14.1. The van der Waals surface area contributed by atoms with Crippen molar-refractivity contribution < 1.29 is 14.4 Å². The van der Waals surface area contributed by atoms with Gasteiger partial charge in [-0.1, -0.05) is 18.5 Å². The number of aryl methyl sites for hydroxylation is 1. The number of hydrogen-bond acceptors (Lipinski definition) is 6. The standard InChI is InChI=1S/C10H15N3O5/c1-3-4-8(6-12(14)15)5-9-10(13(16)17)7(2)11-18-9/h8H,3-6H2,1-2H3/t8-/m0/s1. The smallest absolute Gasteiger partial charge is 0.334 e. The molecule has 8 nitrogen and oxygen atoms in total. The quantitative estimate of drug-likeness (QED) is 0.546. The average Bonchev–Trinajstić information content (AvgIpc) is 2.59. The van der Waals surface area contributed by atoms with Crippen LogP contribution in [0, 0.1) is 33.1 Å². The molecule has 8 heteroatoms. The number of hydrogen-bond donors (Lipinski definition) is 0. The summed E-state index contributed by atoms with van der Waals surface area (Å²) in [5, 5.41) is 24.9. The Morgan fingerprint density at radius 1 is 1.39 bits per heavy atom. The van der Waals surface area contributed by atoms with E-state index in [-0.39, 0.29) is 36.0 Å². The fourth-order valence-corrected chi connectivity index (χ4v) is 1.92. The molecule has 0 unspecified atom stereocenters. The third-order valence-corrected chi connectivity index (χ3v) is 2.66. The molecule has 1 aromatic heterocycles. The van der Waals surface area contributed by atoms with Crippen molar-refractivity contribution in [3.05, 3.63) is 31.7 Å². The average molecular weight is 257 g/mol. The van der Waals surface area contributed by atoms with Crippen LogP contribution < -0.4 is 0 Å². The lowest BCUT2D eigenvalue weighted by atomic mass is 9.98. The summed E-state index contributed by atoms with van der Waals surface area (Å²) < 4.78 is 4.90. The van der Waals surface area contributed by atoms with Crippen molar-refractivity contribution in [1.29, 1.82) is 0 Å². The van der Waals surface area contributed by atoms with E-state index in [4.69, 9.17) is 4.52 Å². The van der Waals surface area contributed by atoms with Gasteiger partial charge in [0.15, 0.2) is 5.69 Å². The van der Waals surface area contributed by atoms with Crippen molar-refractivity contribution in [1.82, 2.24) is 5.16 Å². The number of aromatic nitrogens is 1. The summed E-state index contributed by atoms with van der Waals surface area (Å²) in [7, 11) is 0. The van der Waals surface area contributed by atoms with Crippen molar-refractivity contribution in [2.24, 2.45) is 5.92 Å². The summed E-state index contributed by atoms with van der Waals surface area (Å²) in [5.41, 5.74) is 0.0332. The van der Waals surface area contributed by atoms with E-state index in [1.54, 1.807) is 0 Å². The van der Waals surface area contributed by atoms with Gasteiger partial charge in [-0.15, -0.1) is 0 Å². The lowest BCUT2D eigenvalue weighted by Crippen LogP contribution is -2.16. The molecule has 18 heavy (non-hydrogen) atoms. The molecule has 1 atom stereocenters. The lowest BCUT2D eigenvalue weighted by molar-refractivity contribution is -0.488. The van der Waals surface area contributed by atoms with Crippen LogP contribution in [-0.4, -0.2) is 21.5 Å². The van der Waals surface area contributed by atoms with Crippen molar-refractivity contribution in [3.8, 4) is 0 Å². The van der Waals surface area contributed by atoms with Crippen LogP contribution in [0.5, 0.6) is 0 Å². The van der Waals surface area contributed by atoms with Crippen LogP contribution in [-0.2, 0) is 6.42 Å². The van der Waals surface area contributed by atoms with Crippen LogP contribution in [0.15, 0.2) is 4.52 Å². The van der Waals surface area contributed by atoms with Gasteiger partial charge in [0.25, 0.3) is 0 Å². The minimum atomic E-state index is -0.559. The fraction of sp³-hybridized carbons (Fsp3) is 0.700. The van der Waals surface area contributed by atoms with E-state index in [1.807, 2.05) is 6.92 Å². The third kappa shape index (κ3) is 3.51. The Hall–Kier alpha value is -1.99. The topological polar surface area (TPSA) is 112 Å². The molecule has 0 aliphatic carbocycles. The zero-order valence-corrected chi connectivity index (χ0v) is 10.3. The summed E-state index contributed by atoms with van der Waals surface area (Å²) >= 11 is 0. The van der Waals surface area contributed by atoms with E-state index in [9.17, 15) is 20.2 Å². The minimum Gasteiger partial charge on any atom is -0.354 e. The van der Waals surface area contributed by atoms with Gasteiger partial charge in [-0.05, 0) is 13.3 Å². The first-order chi connectivity index (χ1) is 8.45. The molecule has 0 spiro atoms. The summed E-state index contributed by atoms with van der Waals surface area (Å²) in [5.74, 6) is -0.145. The van der Waals surface area contributed by atoms with Gasteiger partial charge in [0.05, 0.1) is 4.92 Å². The van der Waals surface area contributed by atoms with Gasteiger partial charge in [0.1, 0.15) is 0 Å². The van der Waals surface area contributed by atoms with Crippen LogP contribution in [0.1, 0.15) is 31.2 Å². The molecule has 0 amide bonds. The van der Waals surface area contributed by atoms with Gasteiger partial charge < -0.3 is 4.52 Å². The highest BCUT2D eigenvalue weighted by molar-refractivity contribution is 5.37. The largest absolute Gasteiger partial charge is 0.354 e. The molecule has 1 rings (SSSR count). The number of rotatable bonds is 7. The van der Waals surface area contributed by atoms with Crippen molar-refractivity contribution in [3.63, 3.8) is 0 Å². The minimum absolute atomic E-state index is 0.123. The van der Waals surface area contributed by atoms with Gasteiger partial charge in [0, 0.05) is 17.3 Å². The Kier molecular flexibility index (Phi) is 4.75. The summed E-state index contributed by atoms with van der Waals surface area (Å²) in [6.45, 7) is 3.17. The van der Waals surface area contributed by atoms with Crippen LogP contribution in [0.2, 0.25) is 0 Å². The van der Waals surface area contributed by atoms with Crippen LogP contribution >= 0.6 is 0 Å². The molecule has 0 aliphatic rings. The summed E-state index contributed by atoms with van der Waals surface area (Å²) in [6.07, 6.45) is 1.57. The molecule has 0 aromatic carbocycles. The van der Waals surface area contributed by atoms with Gasteiger partial charge in [-0.3, -0.25) is 20.2 Å². The molecule has 0 aliphatic heterocycles. The highest BCUT2D eigenvalue weighted by Crippen LogP contribution is 2.26. The first-order valence-corrected chi connectivity index (χ1v) is 5.67. The zero-order valence-electron chi connectivity index (χ0n) is 10.3. The van der Waals surface area contributed by atoms with E-state index in [1.165, 1.54) is 6.92 Å². The maximum Gasteiger partial charge on any atom is 0.334 e. The van der Waals surface area contributed by atoms with E-state index in [0.29, 0.717) is 6.42 Å². The van der Waals surface area contributed by atoms with E-state index in [0.717, 1.165) is 6.42 Å². The maximum atomic E-state index is 10.8. The number of nitro groups is 2. The van der Waals surface area contributed by atoms with E-state index < -0.39 is 9.85 Å². The normalized spacial score (nSPS) is 12.3. The highest BCUT2D eigenvalue weighted by atomic mass is 16.6. The first-order valence-electron chi connectivity index (χ1n) is 5.67. The van der Waals surface area contributed by atoms with E-state index >= 15 is 0 Å². The SMILES string of the molecule is CCC[C@@H](Cc1onc(C)c1[N+](=O)[O-])C[N+](=O)[O-]. The second-order valence-corrected chi connectivity index (χ2v) is 4.17. The van der Waals surface area contributed by atoms with Gasteiger partial charge in [-0.25, -0.2) is 0 Å². The van der Waals surface area contributed by atoms with Crippen molar-refractivity contribution >= 4 is 5.69 Å². The predicted molar refractivity (Wildman–Crippen MR) is 61.9 cm³/mol. The second kappa shape index (κ2) is 6.08. The molecule has 0 N–H and O–H groups in total. The fourth-order valence-electron chi connectivity index (χ4n) is 1.92. The molecule has 1 aromatic rings. The summed E-state index contributed by atoms with van der Waals surface area (Å²) in [6, 6.07) is 0. The molecular weight excluding hydrogens is 242 g/mol. The molecule has 100 valence electrons. The predicted octanol–water partition coefficient (Wildman–Crippen LogP) is 2.13. The Morgan fingerprint density at radius 3 is 2.56 bits per heavy atom.